The predicted octanol–water partition coefficient (Wildman–Crippen LogP) is 3.75. The summed E-state index contributed by atoms with van der Waals surface area (Å²) in [6, 6.07) is 2.01. The Balaban J connectivity index is 2.69. The van der Waals surface area contributed by atoms with E-state index in [1.165, 1.54) is 17.9 Å². The van der Waals surface area contributed by atoms with E-state index in [-0.39, 0.29) is 11.1 Å². The van der Waals surface area contributed by atoms with Crippen LogP contribution < -0.4 is 0 Å². The fourth-order valence-corrected chi connectivity index (χ4v) is 1.94. The Labute approximate surface area is 117 Å². The van der Waals surface area contributed by atoms with Crippen LogP contribution in [-0.2, 0) is 0 Å². The van der Waals surface area contributed by atoms with E-state index < -0.39 is 17.5 Å². The highest BCUT2D eigenvalue weighted by Gasteiger charge is 2.17. The van der Waals surface area contributed by atoms with Crippen molar-refractivity contribution in [3.8, 4) is 0 Å². The molecule has 0 saturated heterocycles. The van der Waals surface area contributed by atoms with Gasteiger partial charge in [-0.2, -0.15) is 0 Å². The zero-order valence-electron chi connectivity index (χ0n) is 11.2. The van der Waals surface area contributed by atoms with Crippen LogP contribution in [-0.4, -0.2) is 30.3 Å². The largest absolute Gasteiger partial charge is 0.342 e. The molecule has 1 rings (SSSR count). The van der Waals surface area contributed by atoms with Crippen LogP contribution in [0.15, 0.2) is 12.1 Å². The summed E-state index contributed by atoms with van der Waals surface area (Å²) in [6.45, 7) is 2.04. The maximum atomic E-state index is 13.6. The quantitative estimate of drug-likeness (QED) is 0.577. The molecule has 5 heteroatoms. The van der Waals surface area contributed by atoms with Gasteiger partial charge in [0.25, 0.3) is 5.91 Å². The molecule has 0 fully saturated rings. The molecule has 0 unspecified atom stereocenters. The van der Waals surface area contributed by atoms with Crippen LogP contribution in [0.2, 0.25) is 0 Å². The Kier molecular flexibility index (Phi) is 6.22. The molecule has 0 spiro atoms. The Morgan fingerprint density at radius 3 is 2.53 bits per heavy atom. The van der Waals surface area contributed by atoms with E-state index in [0.29, 0.717) is 12.4 Å². The molecule has 0 heterocycles. The van der Waals surface area contributed by atoms with Gasteiger partial charge in [0.05, 0.1) is 5.56 Å². The van der Waals surface area contributed by atoms with Gasteiger partial charge in [-0.15, -0.1) is 11.6 Å². The first kappa shape index (κ1) is 15.9. The van der Waals surface area contributed by atoms with Crippen molar-refractivity contribution in [1.82, 2.24) is 4.90 Å². The first-order valence-corrected chi connectivity index (χ1v) is 6.78. The van der Waals surface area contributed by atoms with Crippen molar-refractivity contribution in [3.63, 3.8) is 0 Å². The first-order chi connectivity index (χ1) is 8.97. The molecule has 0 aliphatic carbocycles. The monoisotopic (exact) mass is 289 g/mol. The number of aryl methyl sites for hydroxylation is 1. The van der Waals surface area contributed by atoms with Gasteiger partial charge in [-0.05, 0) is 31.4 Å². The van der Waals surface area contributed by atoms with Crippen molar-refractivity contribution in [1.29, 1.82) is 0 Å². The minimum absolute atomic E-state index is 0.0845. The summed E-state index contributed by atoms with van der Waals surface area (Å²) in [4.78, 5) is 13.5. The van der Waals surface area contributed by atoms with E-state index in [2.05, 4.69) is 0 Å². The molecular formula is C14H18ClF2NO. The predicted molar refractivity (Wildman–Crippen MR) is 72.6 cm³/mol. The third-order valence-corrected chi connectivity index (χ3v) is 3.22. The summed E-state index contributed by atoms with van der Waals surface area (Å²) in [6.07, 6.45) is 2.64. The molecule has 1 aromatic rings. The molecule has 19 heavy (non-hydrogen) atoms. The van der Waals surface area contributed by atoms with Gasteiger partial charge in [0.15, 0.2) is 0 Å². The average molecular weight is 290 g/mol. The smallest absolute Gasteiger partial charge is 0.256 e. The number of alkyl halides is 1. The van der Waals surface area contributed by atoms with Crippen LogP contribution in [0.4, 0.5) is 8.78 Å². The van der Waals surface area contributed by atoms with E-state index in [1.807, 2.05) is 0 Å². The van der Waals surface area contributed by atoms with Gasteiger partial charge in [0, 0.05) is 25.5 Å². The Hall–Kier alpha value is -1.16. The second-order valence-corrected chi connectivity index (χ2v) is 4.94. The summed E-state index contributed by atoms with van der Waals surface area (Å²) in [5.74, 6) is -1.28. The number of benzene rings is 1. The number of rotatable bonds is 6. The lowest BCUT2D eigenvalue weighted by molar-refractivity contribution is 0.0788. The van der Waals surface area contributed by atoms with E-state index in [4.69, 9.17) is 11.6 Å². The third kappa shape index (κ3) is 4.46. The van der Waals surface area contributed by atoms with Crippen LogP contribution >= 0.6 is 11.6 Å². The number of carbonyl (C=O) groups excluding carboxylic acids is 1. The summed E-state index contributed by atoms with van der Waals surface area (Å²) < 4.78 is 26.7. The highest BCUT2D eigenvalue weighted by Crippen LogP contribution is 2.16. The zero-order valence-corrected chi connectivity index (χ0v) is 11.9. The van der Waals surface area contributed by atoms with Crippen molar-refractivity contribution in [2.45, 2.75) is 26.2 Å². The normalized spacial score (nSPS) is 10.6. The fourth-order valence-electron chi connectivity index (χ4n) is 1.75. The van der Waals surface area contributed by atoms with E-state index in [9.17, 15) is 13.6 Å². The van der Waals surface area contributed by atoms with Crippen LogP contribution in [0, 0.1) is 18.6 Å². The molecule has 0 N–H and O–H groups in total. The number of unbranched alkanes of at least 4 members (excludes halogenated alkanes) is 2. The van der Waals surface area contributed by atoms with Crippen molar-refractivity contribution in [2.75, 3.05) is 19.5 Å². The van der Waals surface area contributed by atoms with Crippen LogP contribution in [0.3, 0.4) is 0 Å². The summed E-state index contributed by atoms with van der Waals surface area (Å²) >= 11 is 5.56. The molecule has 0 aliphatic heterocycles. The second-order valence-electron chi connectivity index (χ2n) is 4.56. The molecule has 0 aliphatic rings. The minimum Gasteiger partial charge on any atom is -0.342 e. The van der Waals surface area contributed by atoms with Gasteiger partial charge in [0.2, 0.25) is 0 Å². The summed E-state index contributed by atoms with van der Waals surface area (Å²) in [7, 11) is 1.61. The molecule has 2 nitrogen and oxygen atoms in total. The van der Waals surface area contributed by atoms with Crippen molar-refractivity contribution in [2.24, 2.45) is 0 Å². The van der Waals surface area contributed by atoms with Crippen LogP contribution in [0.5, 0.6) is 0 Å². The van der Waals surface area contributed by atoms with Gasteiger partial charge < -0.3 is 4.90 Å². The molecule has 1 amide bonds. The maximum absolute atomic E-state index is 13.6. The minimum atomic E-state index is -0.819. The lowest BCUT2D eigenvalue weighted by Crippen LogP contribution is -2.28. The van der Waals surface area contributed by atoms with Gasteiger partial charge in [-0.1, -0.05) is 6.42 Å². The molecule has 0 saturated carbocycles. The van der Waals surface area contributed by atoms with Crippen molar-refractivity contribution in [3.05, 3.63) is 34.9 Å². The van der Waals surface area contributed by atoms with Crippen molar-refractivity contribution >= 4 is 17.5 Å². The molecule has 106 valence electrons. The highest BCUT2D eigenvalue weighted by molar-refractivity contribution is 6.17. The lowest BCUT2D eigenvalue weighted by Gasteiger charge is -2.17. The van der Waals surface area contributed by atoms with E-state index >= 15 is 0 Å². The Morgan fingerprint density at radius 1 is 1.21 bits per heavy atom. The number of nitrogens with zero attached hydrogens (tertiary/aromatic N) is 1. The fraction of sp³-hybridized carbons (Fsp3) is 0.500. The Morgan fingerprint density at radius 2 is 1.89 bits per heavy atom. The molecule has 0 atom stereocenters. The molecule has 0 aromatic heterocycles. The summed E-state index contributed by atoms with van der Waals surface area (Å²) in [5, 5.41) is 0. The molecule has 1 aromatic carbocycles. The van der Waals surface area contributed by atoms with Gasteiger partial charge in [0.1, 0.15) is 11.6 Å². The topological polar surface area (TPSA) is 20.3 Å². The number of carbonyl (C=O) groups is 1. The van der Waals surface area contributed by atoms with Gasteiger partial charge in [-0.3, -0.25) is 4.79 Å². The SMILES string of the molecule is Cc1cc(C(=O)N(C)CCCCCCl)c(F)cc1F. The first-order valence-electron chi connectivity index (χ1n) is 6.24. The van der Waals surface area contributed by atoms with Gasteiger partial charge in [-0.25, -0.2) is 8.78 Å². The van der Waals surface area contributed by atoms with E-state index in [0.717, 1.165) is 25.3 Å². The Bertz CT molecular complexity index is 451. The number of hydrogen-bond acceptors (Lipinski definition) is 1. The standard InChI is InChI=1S/C14H18ClF2NO/c1-10-8-11(13(17)9-12(10)16)14(19)18(2)7-5-3-4-6-15/h8-9H,3-7H2,1-2H3. The number of amides is 1. The zero-order chi connectivity index (χ0) is 14.4. The summed E-state index contributed by atoms with van der Waals surface area (Å²) in [5.41, 5.74) is 0.180. The second kappa shape index (κ2) is 7.43. The maximum Gasteiger partial charge on any atom is 0.256 e. The molecular weight excluding hydrogens is 272 g/mol. The van der Waals surface area contributed by atoms with Crippen LogP contribution in [0.1, 0.15) is 35.2 Å². The third-order valence-electron chi connectivity index (χ3n) is 2.95. The molecule has 0 radical (unpaired) electrons. The lowest BCUT2D eigenvalue weighted by atomic mass is 10.1. The van der Waals surface area contributed by atoms with Crippen molar-refractivity contribution < 1.29 is 13.6 Å². The average Bonchev–Trinajstić information content (AvgIpc) is 2.38. The molecule has 0 bridgehead atoms. The van der Waals surface area contributed by atoms with Crippen LogP contribution in [0.25, 0.3) is 0 Å². The highest BCUT2D eigenvalue weighted by atomic mass is 35.5. The van der Waals surface area contributed by atoms with Gasteiger partial charge >= 0.3 is 0 Å². The number of hydrogen-bond donors (Lipinski definition) is 0. The number of halogens is 3. The van der Waals surface area contributed by atoms with E-state index in [1.54, 1.807) is 7.05 Å².